The van der Waals surface area contributed by atoms with Crippen LogP contribution in [0.2, 0.25) is 0 Å². The third-order valence-electron chi connectivity index (χ3n) is 4.72. The SMILES string of the molecule is N#CCc1ccc(-c2ccc(N(c3ccccc3)c3ccccc3)cc2)cc1. The van der Waals surface area contributed by atoms with E-state index in [0.29, 0.717) is 6.42 Å². The van der Waals surface area contributed by atoms with Crippen molar-refractivity contribution in [1.82, 2.24) is 0 Å². The normalized spacial score (nSPS) is 10.2. The van der Waals surface area contributed by atoms with Gasteiger partial charge in [-0.3, -0.25) is 0 Å². The van der Waals surface area contributed by atoms with Crippen LogP contribution < -0.4 is 4.90 Å². The summed E-state index contributed by atoms with van der Waals surface area (Å²) in [7, 11) is 0. The fourth-order valence-electron chi connectivity index (χ4n) is 3.31. The van der Waals surface area contributed by atoms with Crippen molar-refractivity contribution in [3.63, 3.8) is 0 Å². The predicted octanol–water partition coefficient (Wildman–Crippen LogP) is 6.89. The smallest absolute Gasteiger partial charge is 0.0669 e. The number of nitriles is 1. The third-order valence-corrected chi connectivity index (χ3v) is 4.72. The summed E-state index contributed by atoms with van der Waals surface area (Å²) in [6.07, 6.45) is 0.447. The minimum atomic E-state index is 0.447. The molecule has 0 radical (unpaired) electrons. The lowest BCUT2D eigenvalue weighted by molar-refractivity contribution is 1.26. The van der Waals surface area contributed by atoms with Gasteiger partial charge in [0, 0.05) is 17.1 Å². The number of benzene rings is 4. The maximum Gasteiger partial charge on any atom is 0.0669 e. The molecule has 0 aliphatic carbocycles. The number of nitrogens with zero attached hydrogens (tertiary/aromatic N) is 2. The van der Waals surface area contributed by atoms with E-state index in [4.69, 9.17) is 5.26 Å². The van der Waals surface area contributed by atoms with Crippen LogP contribution in [-0.4, -0.2) is 0 Å². The minimum absolute atomic E-state index is 0.447. The first-order chi connectivity index (χ1) is 13.8. The maximum atomic E-state index is 8.82. The number of anilines is 3. The molecule has 0 amide bonds. The molecule has 2 nitrogen and oxygen atoms in total. The van der Waals surface area contributed by atoms with Crippen molar-refractivity contribution in [2.45, 2.75) is 6.42 Å². The van der Waals surface area contributed by atoms with Gasteiger partial charge in [-0.05, 0) is 53.1 Å². The molecular formula is C26H20N2. The predicted molar refractivity (Wildman–Crippen MR) is 116 cm³/mol. The van der Waals surface area contributed by atoms with Crippen LogP contribution in [0, 0.1) is 11.3 Å². The van der Waals surface area contributed by atoms with Gasteiger partial charge in [0.2, 0.25) is 0 Å². The second-order valence-corrected chi connectivity index (χ2v) is 6.59. The van der Waals surface area contributed by atoms with Gasteiger partial charge < -0.3 is 4.90 Å². The second kappa shape index (κ2) is 8.24. The Morgan fingerprint density at radius 1 is 0.536 bits per heavy atom. The number of rotatable bonds is 5. The van der Waals surface area contributed by atoms with Crippen molar-refractivity contribution in [1.29, 1.82) is 5.26 Å². The molecule has 0 spiro atoms. The van der Waals surface area contributed by atoms with E-state index in [2.05, 4.69) is 95.9 Å². The van der Waals surface area contributed by atoms with Gasteiger partial charge in [-0.1, -0.05) is 72.8 Å². The molecule has 0 fully saturated rings. The summed E-state index contributed by atoms with van der Waals surface area (Å²) < 4.78 is 0. The van der Waals surface area contributed by atoms with E-state index in [1.807, 2.05) is 24.3 Å². The molecule has 0 unspecified atom stereocenters. The van der Waals surface area contributed by atoms with E-state index in [1.54, 1.807) is 0 Å². The van der Waals surface area contributed by atoms with E-state index >= 15 is 0 Å². The largest absolute Gasteiger partial charge is 0.311 e. The highest BCUT2D eigenvalue weighted by Gasteiger charge is 2.11. The molecule has 0 N–H and O–H groups in total. The standard InChI is InChI=1S/C26H20N2/c27-20-19-21-11-13-22(14-12-21)23-15-17-26(18-16-23)28(24-7-3-1-4-8-24)25-9-5-2-6-10-25/h1-18H,19H2. The monoisotopic (exact) mass is 360 g/mol. The molecule has 0 heterocycles. The van der Waals surface area contributed by atoms with Crippen molar-refractivity contribution in [2.24, 2.45) is 0 Å². The first-order valence-corrected chi connectivity index (χ1v) is 9.32. The minimum Gasteiger partial charge on any atom is -0.311 e. The van der Waals surface area contributed by atoms with Crippen molar-refractivity contribution >= 4 is 17.1 Å². The Morgan fingerprint density at radius 3 is 1.43 bits per heavy atom. The van der Waals surface area contributed by atoms with Crippen LogP contribution in [0.25, 0.3) is 11.1 Å². The Bertz CT molecular complexity index is 1020. The summed E-state index contributed by atoms with van der Waals surface area (Å²) >= 11 is 0. The topological polar surface area (TPSA) is 27.0 Å². The Labute approximate surface area is 165 Å². The summed E-state index contributed by atoms with van der Waals surface area (Å²) in [5, 5.41) is 8.82. The fourth-order valence-corrected chi connectivity index (χ4v) is 3.31. The molecular weight excluding hydrogens is 340 g/mol. The quantitative estimate of drug-likeness (QED) is 0.387. The Kier molecular flexibility index (Phi) is 5.17. The summed E-state index contributed by atoms with van der Waals surface area (Å²) in [5.41, 5.74) is 6.72. The summed E-state index contributed by atoms with van der Waals surface area (Å²) in [6, 6.07) is 39.8. The Morgan fingerprint density at radius 2 is 0.964 bits per heavy atom. The van der Waals surface area contributed by atoms with Gasteiger partial charge in [-0.25, -0.2) is 0 Å². The van der Waals surface area contributed by atoms with Crippen molar-refractivity contribution in [3.05, 3.63) is 115 Å². The van der Waals surface area contributed by atoms with Gasteiger partial charge in [0.1, 0.15) is 0 Å². The molecule has 4 aromatic carbocycles. The molecule has 4 rings (SSSR count). The summed E-state index contributed by atoms with van der Waals surface area (Å²) in [5.74, 6) is 0. The molecule has 134 valence electrons. The zero-order chi connectivity index (χ0) is 19.2. The molecule has 0 saturated heterocycles. The first kappa shape index (κ1) is 17.6. The van der Waals surface area contributed by atoms with Gasteiger partial charge >= 0.3 is 0 Å². The Hall–Kier alpha value is -3.83. The van der Waals surface area contributed by atoms with Crippen LogP contribution in [-0.2, 0) is 6.42 Å². The number of hydrogen-bond acceptors (Lipinski definition) is 2. The van der Waals surface area contributed by atoms with Crippen LogP contribution in [0.4, 0.5) is 17.1 Å². The molecule has 0 bridgehead atoms. The molecule has 0 aliphatic heterocycles. The summed E-state index contributed by atoms with van der Waals surface area (Å²) in [4.78, 5) is 2.25. The average molecular weight is 360 g/mol. The van der Waals surface area contributed by atoms with E-state index in [0.717, 1.165) is 33.8 Å². The zero-order valence-electron chi connectivity index (χ0n) is 15.5. The zero-order valence-corrected chi connectivity index (χ0v) is 15.5. The van der Waals surface area contributed by atoms with Crippen LogP contribution >= 0.6 is 0 Å². The maximum absolute atomic E-state index is 8.82. The molecule has 0 aliphatic rings. The van der Waals surface area contributed by atoms with Crippen LogP contribution in [0.1, 0.15) is 5.56 Å². The molecule has 2 heteroatoms. The van der Waals surface area contributed by atoms with Gasteiger partial charge in [0.25, 0.3) is 0 Å². The highest BCUT2D eigenvalue weighted by atomic mass is 15.1. The van der Waals surface area contributed by atoms with Gasteiger partial charge in [0.05, 0.1) is 12.5 Å². The van der Waals surface area contributed by atoms with Crippen LogP contribution in [0.5, 0.6) is 0 Å². The average Bonchev–Trinajstić information content (AvgIpc) is 2.77. The number of para-hydroxylation sites is 2. The lowest BCUT2D eigenvalue weighted by atomic mass is 10.0. The second-order valence-electron chi connectivity index (χ2n) is 6.59. The van der Waals surface area contributed by atoms with Crippen molar-refractivity contribution in [2.75, 3.05) is 4.90 Å². The summed E-state index contributed by atoms with van der Waals surface area (Å²) in [6.45, 7) is 0. The molecule has 0 atom stereocenters. The lowest BCUT2D eigenvalue weighted by Crippen LogP contribution is -2.09. The highest BCUT2D eigenvalue weighted by Crippen LogP contribution is 2.35. The van der Waals surface area contributed by atoms with E-state index in [1.165, 1.54) is 0 Å². The molecule has 4 aromatic rings. The van der Waals surface area contributed by atoms with Crippen LogP contribution in [0.15, 0.2) is 109 Å². The van der Waals surface area contributed by atoms with Gasteiger partial charge in [-0.15, -0.1) is 0 Å². The van der Waals surface area contributed by atoms with E-state index < -0.39 is 0 Å². The van der Waals surface area contributed by atoms with Gasteiger partial charge in [-0.2, -0.15) is 5.26 Å². The van der Waals surface area contributed by atoms with Crippen LogP contribution in [0.3, 0.4) is 0 Å². The lowest BCUT2D eigenvalue weighted by Gasteiger charge is -2.25. The van der Waals surface area contributed by atoms with Gasteiger partial charge in [0.15, 0.2) is 0 Å². The molecule has 0 saturated carbocycles. The number of hydrogen-bond donors (Lipinski definition) is 0. The first-order valence-electron chi connectivity index (χ1n) is 9.32. The molecule has 0 aromatic heterocycles. The van der Waals surface area contributed by atoms with E-state index in [9.17, 15) is 0 Å². The highest BCUT2D eigenvalue weighted by molar-refractivity contribution is 5.78. The van der Waals surface area contributed by atoms with E-state index in [-0.39, 0.29) is 0 Å². The third kappa shape index (κ3) is 3.79. The molecule has 28 heavy (non-hydrogen) atoms. The van der Waals surface area contributed by atoms with Crippen molar-refractivity contribution in [3.8, 4) is 17.2 Å². The fraction of sp³-hybridized carbons (Fsp3) is 0.0385. The van der Waals surface area contributed by atoms with Crippen molar-refractivity contribution < 1.29 is 0 Å². The Balaban J connectivity index is 1.68.